The minimum atomic E-state index is 0. The topological polar surface area (TPSA) is 144 Å². The number of fused-ring (bicyclic) bond motifs is 8. The zero-order chi connectivity index (χ0) is 57.7. The molecule has 0 radical (unpaired) electrons. The minimum Gasteiger partial charge on any atom is -0.514 e. The molecule has 10 aromatic carbocycles. The van der Waals surface area contributed by atoms with E-state index in [4.69, 9.17) is 8.83 Å². The van der Waals surface area contributed by atoms with E-state index < -0.39 is 0 Å². The molecule has 88 heavy (non-hydrogen) atoms. The summed E-state index contributed by atoms with van der Waals surface area (Å²) in [6.45, 7) is 3.97. The van der Waals surface area contributed by atoms with Crippen molar-refractivity contribution in [2.24, 2.45) is 9.98 Å². The van der Waals surface area contributed by atoms with E-state index in [1.807, 2.05) is 276 Å². The monoisotopic (exact) mass is 1500 g/mol. The van der Waals surface area contributed by atoms with Gasteiger partial charge in [-0.15, -0.1) is 13.3 Å². The van der Waals surface area contributed by atoms with Gasteiger partial charge in [0.1, 0.15) is 34.4 Å². The Morgan fingerprint density at radius 1 is 0.352 bits per heavy atom. The van der Waals surface area contributed by atoms with Crippen molar-refractivity contribution in [1.29, 1.82) is 0 Å². The van der Waals surface area contributed by atoms with Gasteiger partial charge < -0.3 is 49.1 Å². The molecule has 0 amide bonds. The molecule has 436 valence electrons. The molecule has 0 bridgehead atoms. The van der Waals surface area contributed by atoms with Crippen LogP contribution < -0.4 is 19.6 Å². The Bertz CT molecular complexity index is 4290. The molecule has 2 aliphatic rings. The quantitative estimate of drug-likeness (QED) is 0.0737. The molecule has 6 heterocycles. The summed E-state index contributed by atoms with van der Waals surface area (Å²) in [6.07, 6.45) is 9.96. The average Bonchev–Trinajstić information content (AvgIpc) is 2.12. The van der Waals surface area contributed by atoms with Gasteiger partial charge in [-0.05, 0) is 59.1 Å². The van der Waals surface area contributed by atoms with Crippen LogP contribution in [0.3, 0.4) is 0 Å². The second-order valence-electron chi connectivity index (χ2n) is 19.2. The zero-order valence-electron chi connectivity index (χ0n) is 46.7. The third-order valence-electron chi connectivity index (χ3n) is 13.7. The van der Waals surface area contributed by atoms with Gasteiger partial charge in [-0.25, -0.2) is 19.9 Å². The molecule has 0 spiro atoms. The van der Waals surface area contributed by atoms with Gasteiger partial charge in [-0.1, -0.05) is 229 Å². The smallest absolute Gasteiger partial charge is 0.145 e. The van der Waals surface area contributed by atoms with Crippen LogP contribution in [-0.2, 0) is 42.1 Å². The van der Waals surface area contributed by atoms with Crippen molar-refractivity contribution in [2.45, 2.75) is 0 Å². The normalized spacial score (nSPS) is 12.1. The van der Waals surface area contributed by atoms with Crippen LogP contribution in [-0.4, -0.2) is 32.6 Å². The summed E-state index contributed by atoms with van der Waals surface area (Å²) < 4.78 is 12.4. The van der Waals surface area contributed by atoms with Crippen LogP contribution in [0, 0.1) is 25.5 Å². The summed E-state index contributed by atoms with van der Waals surface area (Å²) in [5.74, 6) is 3.04. The van der Waals surface area contributed by atoms with Gasteiger partial charge in [-0.2, -0.15) is 36.4 Å². The van der Waals surface area contributed by atoms with Crippen LogP contribution in [0.25, 0.3) is 54.5 Å². The van der Waals surface area contributed by atoms with Crippen molar-refractivity contribution >= 4 is 125 Å². The van der Waals surface area contributed by atoms with Crippen molar-refractivity contribution < 1.29 is 51.0 Å². The number of furan rings is 2. The molecule has 16 rings (SSSR count). The number of benzene rings is 10. The fourth-order valence-corrected chi connectivity index (χ4v) is 9.75. The van der Waals surface area contributed by atoms with E-state index in [0.717, 1.165) is 113 Å². The number of hydrogen-bond acceptors (Lipinski definition) is 12. The molecule has 14 nitrogen and oxygen atoms in total. The predicted molar refractivity (Wildman–Crippen MR) is 347 cm³/mol. The Kier molecular flexibility index (Phi) is 19.2. The van der Waals surface area contributed by atoms with Crippen LogP contribution in [0.4, 0.5) is 68.8 Å². The summed E-state index contributed by atoms with van der Waals surface area (Å²) >= 11 is 0. The van der Waals surface area contributed by atoms with Gasteiger partial charge in [-0.3, -0.25) is 0 Å². The van der Waals surface area contributed by atoms with Crippen molar-refractivity contribution in [3.8, 4) is 0 Å². The van der Waals surface area contributed by atoms with Crippen molar-refractivity contribution in [2.75, 3.05) is 19.6 Å². The molecular formula is C72H50N12O2Pt2-6. The van der Waals surface area contributed by atoms with Crippen LogP contribution in [0.15, 0.2) is 298 Å². The van der Waals surface area contributed by atoms with E-state index in [9.17, 15) is 0 Å². The maximum absolute atomic E-state index is 6.19. The van der Waals surface area contributed by atoms with Crippen LogP contribution >= 0.6 is 0 Å². The summed E-state index contributed by atoms with van der Waals surface area (Å²) in [4.78, 5) is 34.7. The van der Waals surface area contributed by atoms with E-state index in [1.54, 1.807) is 37.5 Å². The molecule has 14 aromatic rings. The van der Waals surface area contributed by atoms with Gasteiger partial charge in [0.25, 0.3) is 0 Å². The minimum absolute atomic E-state index is 0. The first-order valence-corrected chi connectivity index (χ1v) is 27.6. The van der Waals surface area contributed by atoms with Crippen LogP contribution in [0.1, 0.15) is 0 Å². The van der Waals surface area contributed by atoms with E-state index >= 15 is 0 Å². The first kappa shape index (κ1) is 59.2. The number of anilines is 8. The van der Waals surface area contributed by atoms with Crippen molar-refractivity contribution in [3.63, 3.8) is 0 Å². The number of rotatable bonds is 10. The van der Waals surface area contributed by atoms with Crippen LogP contribution in [0.5, 0.6) is 0 Å². The maximum atomic E-state index is 6.19. The molecule has 16 heteroatoms. The fourth-order valence-electron chi connectivity index (χ4n) is 9.75. The summed E-state index contributed by atoms with van der Waals surface area (Å²) in [5.41, 5.74) is 10.6. The van der Waals surface area contributed by atoms with Gasteiger partial charge in [0.05, 0.1) is 0 Å². The second kappa shape index (κ2) is 28.6. The Balaban J connectivity index is 0.000000126. The van der Waals surface area contributed by atoms with Gasteiger partial charge in [0.2, 0.25) is 0 Å². The van der Waals surface area contributed by atoms with Gasteiger partial charge in [0, 0.05) is 100 Å². The molecule has 0 saturated carbocycles. The number of hydrogen-bond donors (Lipinski definition) is 0. The van der Waals surface area contributed by atoms with Gasteiger partial charge >= 0.3 is 0 Å². The number of aromatic nitrogens is 4. The number of para-hydroxylation sites is 8. The molecule has 0 N–H and O–H groups in total. The molecule has 4 aromatic heterocycles. The van der Waals surface area contributed by atoms with Crippen molar-refractivity contribution in [1.82, 2.24) is 19.9 Å². The number of aliphatic imine (C=N–C) groups is 2. The largest absolute Gasteiger partial charge is 0.514 e. The second-order valence-corrected chi connectivity index (χ2v) is 19.2. The van der Waals surface area contributed by atoms with Crippen LogP contribution in [0.2, 0.25) is 0 Å². The average molecular weight is 1510 g/mol. The van der Waals surface area contributed by atoms with E-state index in [0.29, 0.717) is 0 Å². The molecule has 0 saturated heterocycles. The van der Waals surface area contributed by atoms with Crippen molar-refractivity contribution in [3.05, 3.63) is 316 Å². The van der Waals surface area contributed by atoms with E-state index in [-0.39, 0.29) is 42.1 Å². The summed E-state index contributed by atoms with van der Waals surface area (Å²) in [7, 11) is 0. The molecule has 0 fully saturated rings. The first-order valence-electron chi connectivity index (χ1n) is 27.6. The van der Waals surface area contributed by atoms with E-state index in [1.165, 1.54) is 0 Å². The predicted octanol–water partition coefficient (Wildman–Crippen LogP) is 19.3. The SMILES string of the molecule is C(=Nc1ccccc1)[N-]c1ccccc1.C(=Nc1ccccc1)[N-]c1ccccc1.[Pt].[Pt].[c-]1ccc2c(oc3ccccc32)c1N1[CH-]N(c2ccccc2)c2nccnc21.[c-]1ccc2c(oc3ccccc32)c1N1[CH-]N(c2ccccc2)c2nccnc21. The summed E-state index contributed by atoms with van der Waals surface area (Å²) in [6, 6.07) is 89.9. The Hall–Kier alpha value is -10.5. The summed E-state index contributed by atoms with van der Waals surface area (Å²) in [5, 5.41) is 12.7. The first-order chi connectivity index (χ1) is 42.7. The maximum Gasteiger partial charge on any atom is 0.145 e. The molecular weight excluding hydrogens is 1460 g/mol. The fraction of sp³-hybridized carbons (Fsp3) is 0. The third kappa shape index (κ3) is 13.3. The van der Waals surface area contributed by atoms with Gasteiger partial charge in [0.15, 0.2) is 0 Å². The Morgan fingerprint density at radius 2 is 0.670 bits per heavy atom. The molecule has 0 aliphatic carbocycles. The zero-order valence-corrected chi connectivity index (χ0v) is 51.2. The molecule has 0 unspecified atom stereocenters. The number of nitrogens with zero attached hydrogens (tertiary/aromatic N) is 12. The Labute approximate surface area is 537 Å². The van der Waals surface area contributed by atoms with E-state index in [2.05, 4.69) is 64.8 Å². The third-order valence-corrected chi connectivity index (χ3v) is 13.7. The molecule has 2 aliphatic heterocycles. The standard InChI is InChI=1S/2C23H14N4O.2C13H11N2.2Pt/c2*1-2-7-16(8-3-1)26-15-27(23-22(26)24-13-14-25-23)19-11-6-10-18-17-9-4-5-12-20(17)28-21(18)19;2*1-3-7-12(8-4-1)14-11-15-13-9-5-2-6-10-13;;/h2*1-10,12-15H;2*1-11H;;/q2*-2;2*-1;;. The Morgan fingerprint density at radius 3 is 1.05 bits per heavy atom. The molecule has 0 atom stereocenters.